The van der Waals surface area contributed by atoms with Gasteiger partial charge in [0.25, 0.3) is 5.91 Å². The molecule has 2 aromatic rings. The van der Waals surface area contributed by atoms with Crippen LogP contribution in [0.5, 0.6) is 5.75 Å². The highest BCUT2D eigenvalue weighted by molar-refractivity contribution is 5.86. The molecule has 0 aliphatic carbocycles. The highest BCUT2D eigenvalue weighted by Crippen LogP contribution is 2.11. The Hall–Kier alpha value is -2.63. The van der Waals surface area contributed by atoms with Crippen molar-refractivity contribution in [3.05, 3.63) is 47.3 Å². The first-order chi connectivity index (χ1) is 10.5. The predicted molar refractivity (Wildman–Crippen MR) is 82.0 cm³/mol. The Morgan fingerprint density at radius 2 is 1.91 bits per heavy atom. The molecular formula is C16H19N3O3. The Balaban J connectivity index is 1.87. The highest BCUT2D eigenvalue weighted by Gasteiger charge is 2.11. The summed E-state index contributed by atoms with van der Waals surface area (Å²) in [5, 5.41) is 6.71. The van der Waals surface area contributed by atoms with E-state index >= 15 is 0 Å². The lowest BCUT2D eigenvalue weighted by Crippen LogP contribution is -2.34. The van der Waals surface area contributed by atoms with Crippen LogP contribution in [0.15, 0.2) is 30.3 Å². The van der Waals surface area contributed by atoms with Crippen LogP contribution in [0.4, 0.5) is 0 Å². The van der Waals surface area contributed by atoms with Crippen LogP contribution in [0, 0.1) is 13.8 Å². The van der Waals surface area contributed by atoms with Gasteiger partial charge in [-0.2, -0.15) is 5.10 Å². The van der Waals surface area contributed by atoms with Crippen molar-refractivity contribution in [3.8, 4) is 5.75 Å². The van der Waals surface area contributed by atoms with E-state index in [4.69, 9.17) is 4.74 Å². The van der Waals surface area contributed by atoms with E-state index in [0.717, 1.165) is 22.7 Å². The molecule has 6 nitrogen and oxygen atoms in total. The lowest BCUT2D eigenvalue weighted by molar-refractivity contribution is -0.120. The Labute approximate surface area is 129 Å². The van der Waals surface area contributed by atoms with Gasteiger partial charge in [0.15, 0.2) is 0 Å². The summed E-state index contributed by atoms with van der Waals surface area (Å²) in [7, 11) is 1.59. The molecule has 6 heteroatoms. The molecule has 1 aromatic carbocycles. The van der Waals surface area contributed by atoms with Crippen molar-refractivity contribution in [1.82, 2.24) is 15.1 Å². The van der Waals surface area contributed by atoms with Crippen LogP contribution in [0.2, 0.25) is 0 Å². The molecule has 0 saturated carbocycles. The Morgan fingerprint density at radius 1 is 1.23 bits per heavy atom. The molecule has 0 aliphatic rings. The molecule has 0 unspecified atom stereocenters. The van der Waals surface area contributed by atoms with Gasteiger partial charge in [-0.25, -0.2) is 4.68 Å². The van der Waals surface area contributed by atoms with Crippen LogP contribution in [-0.4, -0.2) is 35.2 Å². The number of aromatic nitrogens is 2. The van der Waals surface area contributed by atoms with E-state index in [9.17, 15) is 9.59 Å². The molecule has 0 aliphatic heterocycles. The number of nitrogens with zero attached hydrogens (tertiary/aromatic N) is 2. The van der Waals surface area contributed by atoms with Crippen LogP contribution in [0.1, 0.15) is 21.7 Å². The summed E-state index contributed by atoms with van der Waals surface area (Å²) >= 11 is 0. The molecule has 1 amide bonds. The molecule has 0 saturated heterocycles. The number of benzene rings is 1. The van der Waals surface area contributed by atoms with Crippen LogP contribution >= 0.6 is 0 Å². The fourth-order valence-electron chi connectivity index (χ4n) is 2.12. The van der Waals surface area contributed by atoms with Crippen molar-refractivity contribution in [2.45, 2.75) is 20.3 Å². The number of aryl methyl sites for hydroxylation is 2. The van der Waals surface area contributed by atoms with Crippen molar-refractivity contribution in [2.75, 3.05) is 13.7 Å². The average Bonchev–Trinajstić information content (AvgIpc) is 2.84. The van der Waals surface area contributed by atoms with Gasteiger partial charge in [-0.1, -0.05) is 12.1 Å². The van der Waals surface area contributed by atoms with Gasteiger partial charge in [-0.3, -0.25) is 9.59 Å². The minimum absolute atomic E-state index is 0.0725. The second kappa shape index (κ2) is 6.89. The van der Waals surface area contributed by atoms with E-state index in [1.165, 1.54) is 4.68 Å². The predicted octanol–water partition coefficient (Wildman–Crippen LogP) is 1.51. The van der Waals surface area contributed by atoms with Crippen molar-refractivity contribution in [1.29, 1.82) is 0 Å². The van der Waals surface area contributed by atoms with Crippen molar-refractivity contribution < 1.29 is 14.3 Å². The summed E-state index contributed by atoms with van der Waals surface area (Å²) in [4.78, 5) is 23.9. The van der Waals surface area contributed by atoms with E-state index in [-0.39, 0.29) is 24.8 Å². The summed E-state index contributed by atoms with van der Waals surface area (Å²) in [6, 6.07) is 9.05. The van der Waals surface area contributed by atoms with Crippen molar-refractivity contribution >= 4 is 11.8 Å². The minimum atomic E-state index is -0.256. The normalized spacial score (nSPS) is 10.3. The van der Waals surface area contributed by atoms with Gasteiger partial charge in [0, 0.05) is 5.69 Å². The fourth-order valence-corrected chi connectivity index (χ4v) is 2.12. The summed E-state index contributed by atoms with van der Waals surface area (Å²) in [6.07, 6.45) is 0.217. The zero-order chi connectivity index (χ0) is 16.1. The highest BCUT2D eigenvalue weighted by atomic mass is 16.5. The third-order valence-corrected chi connectivity index (χ3v) is 3.21. The second-order valence-corrected chi connectivity index (χ2v) is 5.03. The third kappa shape index (κ3) is 3.94. The number of rotatable bonds is 5. The fraction of sp³-hybridized carbons (Fsp3) is 0.312. The molecule has 1 heterocycles. The average molecular weight is 301 g/mol. The van der Waals surface area contributed by atoms with E-state index < -0.39 is 0 Å². The van der Waals surface area contributed by atoms with Gasteiger partial charge in [0.05, 0.1) is 25.8 Å². The summed E-state index contributed by atoms with van der Waals surface area (Å²) in [5.41, 5.74) is 2.39. The number of ether oxygens (including phenoxy) is 1. The molecule has 0 radical (unpaired) electrons. The van der Waals surface area contributed by atoms with Gasteiger partial charge >= 0.3 is 0 Å². The van der Waals surface area contributed by atoms with E-state index in [2.05, 4.69) is 10.4 Å². The lowest BCUT2D eigenvalue weighted by Gasteiger charge is -2.06. The van der Waals surface area contributed by atoms with Gasteiger partial charge in [0.1, 0.15) is 5.75 Å². The molecule has 116 valence electrons. The number of amides is 1. The van der Waals surface area contributed by atoms with Crippen LogP contribution in [-0.2, 0) is 11.2 Å². The number of nitrogens with one attached hydrogen (secondary N) is 1. The molecule has 1 aromatic heterocycles. The maximum absolute atomic E-state index is 12.0. The van der Waals surface area contributed by atoms with Gasteiger partial charge < -0.3 is 10.1 Å². The van der Waals surface area contributed by atoms with Gasteiger partial charge in [0.2, 0.25) is 5.91 Å². The largest absolute Gasteiger partial charge is 0.497 e. The Morgan fingerprint density at radius 3 is 2.45 bits per heavy atom. The van der Waals surface area contributed by atoms with E-state index in [1.54, 1.807) is 26.2 Å². The molecule has 0 bridgehead atoms. The topological polar surface area (TPSA) is 73.2 Å². The van der Waals surface area contributed by atoms with Crippen LogP contribution in [0.3, 0.4) is 0 Å². The molecule has 0 spiro atoms. The number of hydrogen-bond acceptors (Lipinski definition) is 4. The van der Waals surface area contributed by atoms with E-state index in [0.29, 0.717) is 0 Å². The molecule has 22 heavy (non-hydrogen) atoms. The quantitative estimate of drug-likeness (QED) is 0.908. The van der Waals surface area contributed by atoms with Crippen molar-refractivity contribution in [3.63, 3.8) is 0 Å². The zero-order valence-electron chi connectivity index (χ0n) is 12.9. The number of carbonyl (C=O) groups excluding carboxylic acids is 2. The molecular weight excluding hydrogens is 282 g/mol. The monoisotopic (exact) mass is 301 g/mol. The van der Waals surface area contributed by atoms with Crippen LogP contribution < -0.4 is 10.1 Å². The maximum Gasteiger partial charge on any atom is 0.266 e. The lowest BCUT2D eigenvalue weighted by atomic mass is 10.1. The van der Waals surface area contributed by atoms with Crippen molar-refractivity contribution in [2.24, 2.45) is 0 Å². The first-order valence-corrected chi connectivity index (χ1v) is 6.95. The van der Waals surface area contributed by atoms with Gasteiger partial charge in [-0.15, -0.1) is 0 Å². The number of methoxy groups -OCH3 is 1. The van der Waals surface area contributed by atoms with Gasteiger partial charge in [-0.05, 0) is 37.6 Å². The zero-order valence-corrected chi connectivity index (χ0v) is 12.9. The standard InChI is InChI=1S/C16H19N3O3/c1-11-8-12(2)19(18-11)16(21)10-17-15(20)9-13-4-6-14(22-3)7-5-13/h4-8H,9-10H2,1-3H3,(H,17,20). The smallest absolute Gasteiger partial charge is 0.266 e. The molecule has 1 N–H and O–H groups in total. The summed E-state index contributed by atoms with van der Waals surface area (Å²) in [6.45, 7) is 3.55. The first kappa shape index (κ1) is 15.8. The minimum Gasteiger partial charge on any atom is -0.497 e. The SMILES string of the molecule is COc1ccc(CC(=O)NCC(=O)n2nc(C)cc2C)cc1. The maximum atomic E-state index is 12.0. The van der Waals surface area contributed by atoms with E-state index in [1.807, 2.05) is 25.1 Å². The summed E-state index contributed by atoms with van der Waals surface area (Å²) in [5.74, 6) is 0.276. The molecule has 0 fully saturated rings. The Bertz CT molecular complexity index is 674. The first-order valence-electron chi connectivity index (χ1n) is 6.95. The Kier molecular flexibility index (Phi) is 4.93. The second-order valence-electron chi connectivity index (χ2n) is 5.03. The number of hydrogen-bond donors (Lipinski definition) is 1. The van der Waals surface area contributed by atoms with Crippen LogP contribution in [0.25, 0.3) is 0 Å². The molecule has 0 atom stereocenters. The number of carbonyl (C=O) groups is 2. The summed E-state index contributed by atoms with van der Waals surface area (Å²) < 4.78 is 6.37. The third-order valence-electron chi connectivity index (χ3n) is 3.21. The molecule has 2 rings (SSSR count).